The summed E-state index contributed by atoms with van der Waals surface area (Å²) in [6.07, 6.45) is 1.62. The first-order valence-corrected chi connectivity index (χ1v) is 15.7. The zero-order valence-corrected chi connectivity index (χ0v) is 25.7. The minimum absolute atomic E-state index is 0.0264. The van der Waals surface area contributed by atoms with Gasteiger partial charge in [-0.15, -0.1) is 0 Å². The largest absolute Gasteiger partial charge is 0.423 e. The molecule has 1 saturated heterocycles. The Balaban J connectivity index is 1.28. The number of aromatic nitrogens is 3. The summed E-state index contributed by atoms with van der Waals surface area (Å²) in [5.41, 5.74) is 6.04. The number of likely N-dealkylation sites (N-methyl/N-ethyl adjacent to an activating group) is 1. The molecule has 1 fully saturated rings. The molecule has 9 heteroatoms. The molecule has 4 aromatic carbocycles. The first-order valence-electron chi connectivity index (χ1n) is 15.7. The van der Waals surface area contributed by atoms with Crippen molar-refractivity contribution in [3.05, 3.63) is 96.2 Å². The predicted octanol–water partition coefficient (Wildman–Crippen LogP) is 6.93. The van der Waals surface area contributed by atoms with Crippen LogP contribution in [0.5, 0.6) is 0 Å². The van der Waals surface area contributed by atoms with Gasteiger partial charge < -0.3 is 33.2 Å². The Hall–Kier alpha value is -5.12. The van der Waals surface area contributed by atoms with Crippen LogP contribution in [0.25, 0.3) is 54.9 Å². The van der Waals surface area contributed by atoms with Crippen LogP contribution in [0, 0.1) is 0 Å². The normalized spacial score (nSPS) is 23.5. The first kappa shape index (κ1) is 26.1. The van der Waals surface area contributed by atoms with Crippen molar-refractivity contribution in [2.75, 3.05) is 19.1 Å². The summed E-state index contributed by atoms with van der Waals surface area (Å²) in [5, 5.41) is 7.37. The highest BCUT2D eigenvalue weighted by molar-refractivity contribution is 6.31. The van der Waals surface area contributed by atoms with Gasteiger partial charge in [0, 0.05) is 54.2 Å². The number of oxazole rings is 1. The van der Waals surface area contributed by atoms with E-state index in [0.29, 0.717) is 24.7 Å². The Bertz CT molecular complexity index is 2410. The van der Waals surface area contributed by atoms with Gasteiger partial charge >= 0.3 is 0 Å². The lowest BCUT2D eigenvalue weighted by molar-refractivity contribution is -0.253. The second-order valence-corrected chi connectivity index (χ2v) is 12.8. The zero-order valence-electron chi connectivity index (χ0n) is 25.7. The molecule has 2 bridgehead atoms. The topological polar surface area (TPSA) is 86.7 Å². The van der Waals surface area contributed by atoms with Gasteiger partial charge in [-0.3, -0.25) is 4.79 Å². The van der Waals surface area contributed by atoms with E-state index in [9.17, 15) is 4.79 Å². The van der Waals surface area contributed by atoms with Crippen LogP contribution in [0.1, 0.15) is 35.5 Å². The number of methoxy groups -OCH3 is 1. The molecule has 46 heavy (non-hydrogen) atoms. The number of carbonyl (C=O) groups is 1. The van der Waals surface area contributed by atoms with Crippen molar-refractivity contribution < 1.29 is 18.7 Å². The molecule has 1 amide bonds. The van der Waals surface area contributed by atoms with E-state index in [2.05, 4.69) is 68.7 Å². The van der Waals surface area contributed by atoms with Gasteiger partial charge in [0.05, 0.1) is 39.9 Å². The Morgan fingerprint density at radius 2 is 1.67 bits per heavy atom. The molecule has 4 atom stereocenters. The molecular formula is C37H31N5O4. The molecule has 0 radical (unpaired) electrons. The van der Waals surface area contributed by atoms with Crippen LogP contribution in [0.15, 0.2) is 89.5 Å². The van der Waals surface area contributed by atoms with Crippen molar-refractivity contribution in [3.63, 3.8) is 0 Å². The number of hydrogen-bond donors (Lipinski definition) is 1. The summed E-state index contributed by atoms with van der Waals surface area (Å²) >= 11 is 0. The van der Waals surface area contributed by atoms with Crippen molar-refractivity contribution in [1.82, 2.24) is 19.4 Å². The molecular weight excluding hydrogens is 578 g/mol. The third-order valence-electron chi connectivity index (χ3n) is 10.5. The Morgan fingerprint density at radius 1 is 0.957 bits per heavy atom. The molecule has 3 aromatic heterocycles. The van der Waals surface area contributed by atoms with E-state index in [1.54, 1.807) is 13.3 Å². The molecule has 0 saturated carbocycles. The Labute approximate surface area is 263 Å². The highest BCUT2D eigenvalue weighted by atomic mass is 16.6. The SMILES string of the molecule is CO[C@@H]1[C@H](N(C)c2ncc(-c3ccccc3)o2)C[C@H]2O[C@]1(C)n1c3ccccc3c3c4c(c5c6ccccc6n2c5c31)C(=O)NC4. The van der Waals surface area contributed by atoms with E-state index < -0.39 is 11.8 Å². The van der Waals surface area contributed by atoms with Crippen molar-refractivity contribution in [3.8, 4) is 11.3 Å². The van der Waals surface area contributed by atoms with Gasteiger partial charge in [-0.05, 0) is 24.6 Å². The zero-order chi connectivity index (χ0) is 30.9. The fraction of sp³-hybridized carbons (Fsp3) is 0.243. The number of para-hydroxylation sites is 2. The minimum Gasteiger partial charge on any atom is -0.423 e. The lowest BCUT2D eigenvalue weighted by Gasteiger charge is -2.50. The van der Waals surface area contributed by atoms with E-state index in [1.165, 1.54) is 0 Å². The van der Waals surface area contributed by atoms with E-state index in [-0.39, 0.29) is 18.2 Å². The smallest absolute Gasteiger partial charge is 0.297 e. The summed E-state index contributed by atoms with van der Waals surface area (Å²) in [5.74, 6) is 0.685. The van der Waals surface area contributed by atoms with E-state index in [0.717, 1.165) is 60.3 Å². The molecule has 0 aliphatic carbocycles. The maximum atomic E-state index is 13.6. The van der Waals surface area contributed by atoms with E-state index in [4.69, 9.17) is 18.9 Å². The van der Waals surface area contributed by atoms with Gasteiger partial charge in [0.2, 0.25) is 0 Å². The van der Waals surface area contributed by atoms with Gasteiger partial charge in [-0.25, -0.2) is 4.98 Å². The summed E-state index contributed by atoms with van der Waals surface area (Å²) in [6, 6.07) is 27.2. The van der Waals surface area contributed by atoms with Crippen molar-refractivity contribution in [2.45, 2.75) is 44.0 Å². The third kappa shape index (κ3) is 3.11. The summed E-state index contributed by atoms with van der Waals surface area (Å²) < 4.78 is 24.8. The molecule has 10 rings (SSSR count). The number of fused-ring (bicyclic) bond motifs is 13. The Morgan fingerprint density at radius 3 is 2.46 bits per heavy atom. The van der Waals surface area contributed by atoms with Gasteiger partial charge in [-0.1, -0.05) is 66.7 Å². The van der Waals surface area contributed by atoms with Crippen molar-refractivity contribution in [1.29, 1.82) is 0 Å². The van der Waals surface area contributed by atoms with Crippen molar-refractivity contribution in [2.24, 2.45) is 0 Å². The van der Waals surface area contributed by atoms with E-state index in [1.807, 2.05) is 43.4 Å². The van der Waals surface area contributed by atoms with Gasteiger partial charge in [0.25, 0.3) is 11.9 Å². The van der Waals surface area contributed by atoms with Crippen LogP contribution in [0.4, 0.5) is 6.01 Å². The number of anilines is 1. The highest BCUT2D eigenvalue weighted by Crippen LogP contribution is 2.54. The van der Waals surface area contributed by atoms with Gasteiger partial charge in [0.15, 0.2) is 11.5 Å². The average molecular weight is 610 g/mol. The number of carbonyl (C=O) groups excluding carboxylic acids is 1. The molecule has 0 unspecified atom stereocenters. The summed E-state index contributed by atoms with van der Waals surface area (Å²) in [6.45, 7) is 2.63. The second kappa shape index (κ2) is 8.99. The standard InChI is InChI=1S/C37H31N5O4/c1-37-34(44-3)26(40(2)36-39-19-27(45-36)20-11-5-4-6-12-20)17-28(46-37)41-24-15-9-7-13-21(24)30-31-23(18-38-35(31)43)29-22-14-8-10-16-25(22)42(37)33(29)32(30)41/h4-16,19,26,28,34H,17-18H2,1-3H3,(H,38,43)/t26-,28-,34-,37+/m1/s1. The molecule has 6 heterocycles. The van der Waals surface area contributed by atoms with Gasteiger partial charge in [0.1, 0.15) is 12.3 Å². The number of nitrogens with one attached hydrogen (secondary N) is 1. The maximum absolute atomic E-state index is 13.6. The number of nitrogens with zero attached hydrogens (tertiary/aromatic N) is 4. The van der Waals surface area contributed by atoms with Crippen LogP contribution < -0.4 is 10.2 Å². The number of hydrogen-bond acceptors (Lipinski definition) is 6. The van der Waals surface area contributed by atoms with Crippen LogP contribution in [-0.2, 0) is 21.7 Å². The molecule has 9 nitrogen and oxygen atoms in total. The molecule has 3 aliphatic heterocycles. The quantitative estimate of drug-likeness (QED) is 0.233. The monoisotopic (exact) mass is 609 g/mol. The summed E-state index contributed by atoms with van der Waals surface area (Å²) in [7, 11) is 3.78. The van der Waals surface area contributed by atoms with Crippen LogP contribution in [-0.4, -0.2) is 46.3 Å². The number of amides is 1. The van der Waals surface area contributed by atoms with Gasteiger partial charge in [-0.2, -0.15) is 0 Å². The molecule has 7 aromatic rings. The minimum atomic E-state index is -0.926. The fourth-order valence-corrected chi connectivity index (χ4v) is 8.70. The molecule has 1 N–H and O–H groups in total. The first-order chi connectivity index (χ1) is 22.5. The molecule has 0 spiro atoms. The lowest BCUT2D eigenvalue weighted by atomic mass is 9.92. The van der Waals surface area contributed by atoms with Crippen LogP contribution in [0.3, 0.4) is 0 Å². The van der Waals surface area contributed by atoms with Crippen LogP contribution >= 0.6 is 0 Å². The third-order valence-corrected chi connectivity index (χ3v) is 10.5. The highest BCUT2D eigenvalue weighted by Gasteiger charge is 2.55. The maximum Gasteiger partial charge on any atom is 0.297 e. The van der Waals surface area contributed by atoms with Crippen LogP contribution in [0.2, 0.25) is 0 Å². The molecule has 3 aliphatic rings. The fourth-order valence-electron chi connectivity index (χ4n) is 8.70. The second-order valence-electron chi connectivity index (χ2n) is 12.8. The number of rotatable bonds is 4. The summed E-state index contributed by atoms with van der Waals surface area (Å²) in [4.78, 5) is 20.4. The average Bonchev–Trinajstić information content (AvgIpc) is 3.85. The van der Waals surface area contributed by atoms with Crippen molar-refractivity contribution >= 4 is 55.5 Å². The predicted molar refractivity (Wildman–Crippen MR) is 177 cm³/mol. The molecule has 228 valence electrons. The number of benzene rings is 4. The number of ether oxygens (including phenoxy) is 2. The lowest BCUT2D eigenvalue weighted by Crippen LogP contribution is -2.60. The van der Waals surface area contributed by atoms with E-state index >= 15 is 0 Å². The Kier molecular flexibility index (Phi) is 5.11.